The molecule has 0 amide bonds. The lowest BCUT2D eigenvalue weighted by Crippen LogP contribution is -2.02. The summed E-state index contributed by atoms with van der Waals surface area (Å²) in [4.78, 5) is 21.2. The molecule has 0 aliphatic carbocycles. The highest BCUT2D eigenvalue weighted by molar-refractivity contribution is 6.25. The first kappa shape index (κ1) is 39.1. The van der Waals surface area contributed by atoms with E-state index in [4.69, 9.17) is 24.4 Å². The molecular formula is C62H39N5O. The number of pyridine rings is 1. The van der Waals surface area contributed by atoms with Crippen molar-refractivity contribution in [3.63, 3.8) is 0 Å². The van der Waals surface area contributed by atoms with Gasteiger partial charge in [-0.1, -0.05) is 188 Å². The second-order valence-corrected chi connectivity index (χ2v) is 16.9. The normalized spacial score (nSPS) is 11.5. The van der Waals surface area contributed by atoms with Crippen molar-refractivity contribution in [3.8, 4) is 84.5 Å². The fraction of sp³-hybridized carbons (Fsp3) is 0. The molecule has 4 aromatic heterocycles. The predicted molar refractivity (Wildman–Crippen MR) is 277 cm³/mol. The molecule has 0 N–H and O–H groups in total. The maximum absolute atomic E-state index is 7.07. The average molecular weight is 870 g/mol. The molecule has 9 aromatic carbocycles. The van der Waals surface area contributed by atoms with E-state index < -0.39 is 0 Å². The molecule has 68 heavy (non-hydrogen) atoms. The van der Waals surface area contributed by atoms with Gasteiger partial charge in [-0.05, 0) is 70.3 Å². The van der Waals surface area contributed by atoms with Gasteiger partial charge in [0.1, 0.15) is 11.2 Å². The van der Waals surface area contributed by atoms with E-state index in [0.29, 0.717) is 23.2 Å². The summed E-state index contributed by atoms with van der Waals surface area (Å²) in [6.07, 6.45) is 2.00. The van der Waals surface area contributed by atoms with Crippen molar-refractivity contribution in [2.75, 3.05) is 0 Å². The van der Waals surface area contributed by atoms with E-state index in [-0.39, 0.29) is 0 Å². The second-order valence-electron chi connectivity index (χ2n) is 16.9. The van der Waals surface area contributed by atoms with Crippen LogP contribution in [0.3, 0.4) is 0 Å². The SMILES string of the molecule is c1ccc(-c2nc(-c3ccccc3)nc(-c3cc(-c4c(-c5ccccc5)cccc4-c4ccccc4)cnc3-c3cccc4c3oc3ccc5c6ccccc6n(-c6ccccc6)c5c34)n2)cc1. The molecule has 0 saturated carbocycles. The van der Waals surface area contributed by atoms with Gasteiger partial charge in [0.2, 0.25) is 0 Å². The van der Waals surface area contributed by atoms with Crippen molar-refractivity contribution in [3.05, 3.63) is 237 Å². The predicted octanol–water partition coefficient (Wildman–Crippen LogP) is 15.9. The number of hydrogen-bond acceptors (Lipinski definition) is 5. The number of fused-ring (bicyclic) bond motifs is 7. The number of nitrogens with zero attached hydrogens (tertiary/aromatic N) is 5. The summed E-state index contributed by atoms with van der Waals surface area (Å²) in [5.41, 5.74) is 15.3. The maximum Gasteiger partial charge on any atom is 0.166 e. The van der Waals surface area contributed by atoms with E-state index in [1.807, 2.05) is 66.9 Å². The lowest BCUT2D eigenvalue weighted by Gasteiger charge is -2.18. The highest BCUT2D eigenvalue weighted by Crippen LogP contribution is 2.46. The van der Waals surface area contributed by atoms with Crippen LogP contribution in [0.2, 0.25) is 0 Å². The van der Waals surface area contributed by atoms with E-state index in [0.717, 1.165) is 99.7 Å². The molecule has 4 heterocycles. The second kappa shape index (κ2) is 16.3. The Morgan fingerprint density at radius 1 is 0.368 bits per heavy atom. The fourth-order valence-corrected chi connectivity index (χ4v) is 9.87. The smallest absolute Gasteiger partial charge is 0.166 e. The van der Waals surface area contributed by atoms with Crippen LogP contribution in [0.4, 0.5) is 0 Å². The zero-order chi connectivity index (χ0) is 45.0. The van der Waals surface area contributed by atoms with Gasteiger partial charge in [-0.3, -0.25) is 4.98 Å². The van der Waals surface area contributed by atoms with Crippen molar-refractivity contribution in [1.29, 1.82) is 0 Å². The summed E-state index contributed by atoms with van der Waals surface area (Å²) in [6, 6.07) is 79.9. The molecule has 0 unspecified atom stereocenters. The first-order chi connectivity index (χ1) is 33.7. The Bertz CT molecular complexity index is 3880. The number of benzene rings is 9. The Kier molecular flexibility index (Phi) is 9.39. The summed E-state index contributed by atoms with van der Waals surface area (Å²) in [6.45, 7) is 0. The molecule has 0 bridgehead atoms. The topological polar surface area (TPSA) is 69.6 Å². The summed E-state index contributed by atoms with van der Waals surface area (Å²) >= 11 is 0. The number of aromatic nitrogens is 5. The van der Waals surface area contributed by atoms with Crippen molar-refractivity contribution < 1.29 is 4.42 Å². The van der Waals surface area contributed by atoms with Gasteiger partial charge in [0.05, 0.1) is 22.1 Å². The molecule has 0 saturated heterocycles. The summed E-state index contributed by atoms with van der Waals surface area (Å²) in [5.74, 6) is 1.64. The van der Waals surface area contributed by atoms with E-state index in [1.54, 1.807) is 0 Å². The molecule has 0 atom stereocenters. The zero-order valence-corrected chi connectivity index (χ0v) is 36.7. The number of para-hydroxylation sites is 3. The number of hydrogen-bond donors (Lipinski definition) is 0. The van der Waals surface area contributed by atoms with Crippen molar-refractivity contribution in [2.45, 2.75) is 0 Å². The zero-order valence-electron chi connectivity index (χ0n) is 36.7. The van der Waals surface area contributed by atoms with Crippen LogP contribution in [0.25, 0.3) is 128 Å². The number of rotatable bonds is 8. The van der Waals surface area contributed by atoms with E-state index in [2.05, 4.69) is 174 Å². The summed E-state index contributed by atoms with van der Waals surface area (Å²) in [5, 5.41) is 4.37. The minimum absolute atomic E-state index is 0.500. The van der Waals surface area contributed by atoms with Crippen LogP contribution in [-0.2, 0) is 0 Å². The molecule has 0 aliphatic heterocycles. The molecule has 0 radical (unpaired) electrons. The molecule has 13 aromatic rings. The molecule has 0 fully saturated rings. The average Bonchev–Trinajstić information content (AvgIpc) is 3.98. The Balaban J connectivity index is 1.12. The van der Waals surface area contributed by atoms with E-state index in [1.165, 1.54) is 5.39 Å². The van der Waals surface area contributed by atoms with Gasteiger partial charge in [-0.2, -0.15) is 0 Å². The van der Waals surface area contributed by atoms with E-state index >= 15 is 0 Å². The molecule has 13 rings (SSSR count). The Morgan fingerprint density at radius 2 is 0.882 bits per heavy atom. The molecular weight excluding hydrogens is 831 g/mol. The van der Waals surface area contributed by atoms with Crippen LogP contribution in [-0.4, -0.2) is 24.5 Å². The lowest BCUT2D eigenvalue weighted by molar-refractivity contribution is 0.670. The monoisotopic (exact) mass is 869 g/mol. The van der Waals surface area contributed by atoms with Crippen LogP contribution in [0.1, 0.15) is 0 Å². The van der Waals surface area contributed by atoms with Crippen LogP contribution in [0.15, 0.2) is 241 Å². The van der Waals surface area contributed by atoms with Gasteiger partial charge < -0.3 is 8.98 Å². The van der Waals surface area contributed by atoms with Crippen LogP contribution in [0, 0.1) is 0 Å². The minimum atomic E-state index is 0.500. The quantitative estimate of drug-likeness (QED) is 0.152. The Labute approximate surface area is 392 Å². The minimum Gasteiger partial charge on any atom is -0.455 e. The maximum atomic E-state index is 7.07. The fourth-order valence-electron chi connectivity index (χ4n) is 9.87. The largest absolute Gasteiger partial charge is 0.455 e. The molecule has 0 aliphatic rings. The standard InChI is InChI=1S/C62H39N5O/c1-6-20-40(21-7-1)46-31-18-32-47(41-22-8-2-9-23-41)55(46)44-38-52(62-65-60(42-24-10-3-11-25-42)64-61(66-62)43-26-12-4-13-27-43)57(63-39-44)51-34-19-33-50-56-54(68-59(50)51)37-36-49-48-30-16-17-35-53(48)67(58(49)56)45-28-14-5-15-29-45/h1-39H. The van der Waals surface area contributed by atoms with Crippen molar-refractivity contribution >= 4 is 43.7 Å². The number of furan rings is 1. The summed E-state index contributed by atoms with van der Waals surface area (Å²) in [7, 11) is 0. The Morgan fingerprint density at radius 3 is 1.51 bits per heavy atom. The molecule has 318 valence electrons. The molecule has 6 heteroatoms. The van der Waals surface area contributed by atoms with Gasteiger partial charge in [0.15, 0.2) is 17.5 Å². The first-order valence-electron chi connectivity index (χ1n) is 22.8. The van der Waals surface area contributed by atoms with Crippen LogP contribution < -0.4 is 0 Å². The highest BCUT2D eigenvalue weighted by Gasteiger charge is 2.25. The van der Waals surface area contributed by atoms with Gasteiger partial charge in [0, 0.05) is 55.9 Å². The lowest BCUT2D eigenvalue weighted by atomic mass is 9.87. The third-order valence-corrected chi connectivity index (χ3v) is 12.9. The van der Waals surface area contributed by atoms with Gasteiger partial charge in [-0.25, -0.2) is 15.0 Å². The van der Waals surface area contributed by atoms with Gasteiger partial charge in [-0.15, -0.1) is 0 Å². The Hall–Kier alpha value is -9.26. The third-order valence-electron chi connectivity index (χ3n) is 12.9. The van der Waals surface area contributed by atoms with Crippen molar-refractivity contribution in [1.82, 2.24) is 24.5 Å². The summed E-state index contributed by atoms with van der Waals surface area (Å²) < 4.78 is 9.44. The van der Waals surface area contributed by atoms with Crippen LogP contribution >= 0.6 is 0 Å². The van der Waals surface area contributed by atoms with Gasteiger partial charge in [0.25, 0.3) is 0 Å². The third kappa shape index (κ3) is 6.58. The van der Waals surface area contributed by atoms with Crippen molar-refractivity contribution in [2.24, 2.45) is 0 Å². The first-order valence-corrected chi connectivity index (χ1v) is 22.8. The van der Waals surface area contributed by atoms with E-state index in [9.17, 15) is 0 Å². The molecule has 6 nitrogen and oxygen atoms in total. The van der Waals surface area contributed by atoms with Gasteiger partial charge >= 0.3 is 0 Å². The molecule has 0 spiro atoms. The highest BCUT2D eigenvalue weighted by atomic mass is 16.3. The van der Waals surface area contributed by atoms with Crippen LogP contribution in [0.5, 0.6) is 0 Å².